The van der Waals surface area contributed by atoms with E-state index in [2.05, 4.69) is 31.9 Å². The minimum absolute atomic E-state index is 0.995. The zero-order valence-corrected chi connectivity index (χ0v) is 7.33. The monoisotopic (exact) mass is 146 g/mol. The minimum atomic E-state index is 0.995. The molecule has 3 nitrogen and oxygen atoms in total. The summed E-state index contributed by atoms with van der Waals surface area (Å²) in [6.07, 6.45) is 1.23. The molecule has 0 aromatic carbocycles. The summed E-state index contributed by atoms with van der Waals surface area (Å²) < 4.78 is 0. The van der Waals surface area contributed by atoms with Crippen molar-refractivity contribution in [2.75, 3.05) is 33.7 Å². The van der Waals surface area contributed by atoms with Crippen LogP contribution in [-0.4, -0.2) is 33.7 Å². The zero-order valence-electron chi connectivity index (χ0n) is 7.33. The van der Waals surface area contributed by atoms with Crippen LogP contribution in [-0.2, 0) is 0 Å². The lowest BCUT2D eigenvalue weighted by Gasteiger charge is -2.07. The Morgan fingerprint density at radius 3 is 2.40 bits per heavy atom. The average Bonchev–Trinajstić information content (AvgIpc) is 1.87. The van der Waals surface area contributed by atoms with E-state index in [0.717, 1.165) is 13.1 Å². The van der Waals surface area contributed by atoms with Gasteiger partial charge in [0.2, 0.25) is 0 Å². The van der Waals surface area contributed by atoms with Crippen molar-refractivity contribution in [3.8, 4) is 0 Å². The number of nitrogens with one attached hydrogen (secondary N) is 3. The maximum Gasteiger partial charge on any atom is 0.0779 e. The third-order valence-electron chi connectivity index (χ3n) is 1.28. The van der Waals surface area contributed by atoms with Gasteiger partial charge in [0.15, 0.2) is 0 Å². The molecule has 3 N–H and O–H groups in total. The van der Waals surface area contributed by atoms with E-state index >= 15 is 0 Å². The highest BCUT2D eigenvalue weighted by molar-refractivity contribution is 4.38. The molecule has 0 rings (SSSR count). The summed E-state index contributed by atoms with van der Waals surface area (Å²) in [4.78, 5) is 1.51. The SMILES string of the molecule is CCNNCCC[NH+](C)C. The number of hydrogen-bond donors (Lipinski definition) is 3. The molecule has 0 aromatic rings. The molecule has 0 aromatic heterocycles. The van der Waals surface area contributed by atoms with Gasteiger partial charge in [-0.05, 0) is 0 Å². The molecule has 0 saturated carbocycles. The van der Waals surface area contributed by atoms with Crippen LogP contribution in [0.25, 0.3) is 0 Å². The zero-order chi connectivity index (χ0) is 7.82. The van der Waals surface area contributed by atoms with Gasteiger partial charge in [0.05, 0.1) is 20.6 Å². The van der Waals surface area contributed by atoms with Crippen LogP contribution in [0, 0.1) is 0 Å². The molecule has 0 spiro atoms. The maximum absolute atomic E-state index is 3.13. The Balaban J connectivity index is 2.77. The molecule has 0 unspecified atom stereocenters. The second kappa shape index (κ2) is 6.99. The van der Waals surface area contributed by atoms with E-state index < -0.39 is 0 Å². The molecule has 0 aliphatic heterocycles. The van der Waals surface area contributed by atoms with Crippen molar-refractivity contribution in [2.45, 2.75) is 13.3 Å². The number of quaternary nitrogens is 1. The van der Waals surface area contributed by atoms with Gasteiger partial charge < -0.3 is 4.90 Å². The van der Waals surface area contributed by atoms with Crippen LogP contribution < -0.4 is 15.8 Å². The van der Waals surface area contributed by atoms with Crippen molar-refractivity contribution in [3.63, 3.8) is 0 Å². The van der Waals surface area contributed by atoms with Crippen LogP contribution >= 0.6 is 0 Å². The van der Waals surface area contributed by atoms with Crippen molar-refractivity contribution in [1.29, 1.82) is 0 Å². The van der Waals surface area contributed by atoms with Crippen LogP contribution in [0.1, 0.15) is 13.3 Å². The first-order chi connectivity index (χ1) is 4.77. The Labute approximate surface area is 63.8 Å². The lowest BCUT2D eigenvalue weighted by Crippen LogP contribution is -3.05. The third kappa shape index (κ3) is 7.88. The molecule has 0 atom stereocenters. The Morgan fingerprint density at radius 1 is 1.20 bits per heavy atom. The fourth-order valence-corrected chi connectivity index (χ4v) is 0.744. The Hall–Kier alpha value is -0.120. The van der Waals surface area contributed by atoms with E-state index in [1.165, 1.54) is 17.9 Å². The first-order valence-corrected chi connectivity index (χ1v) is 4.02. The van der Waals surface area contributed by atoms with Crippen molar-refractivity contribution >= 4 is 0 Å². The normalized spacial score (nSPS) is 10.8. The van der Waals surface area contributed by atoms with Gasteiger partial charge in [-0.15, -0.1) is 0 Å². The quantitative estimate of drug-likeness (QED) is 0.319. The van der Waals surface area contributed by atoms with Gasteiger partial charge in [-0.25, -0.2) is 0 Å². The molecular formula is C7H20N3+. The van der Waals surface area contributed by atoms with E-state index in [-0.39, 0.29) is 0 Å². The largest absolute Gasteiger partial charge is 0.340 e. The summed E-state index contributed by atoms with van der Waals surface area (Å²) in [7, 11) is 4.35. The van der Waals surface area contributed by atoms with Gasteiger partial charge in [0.25, 0.3) is 0 Å². The average molecular weight is 146 g/mol. The molecule has 0 radical (unpaired) electrons. The lowest BCUT2D eigenvalue weighted by molar-refractivity contribution is -0.858. The van der Waals surface area contributed by atoms with Gasteiger partial charge in [-0.1, -0.05) is 6.92 Å². The maximum atomic E-state index is 3.13. The summed E-state index contributed by atoms with van der Waals surface area (Å²) in [6.45, 7) is 5.39. The van der Waals surface area contributed by atoms with Crippen LogP contribution in [0.3, 0.4) is 0 Å². The van der Waals surface area contributed by atoms with Gasteiger partial charge in [0.1, 0.15) is 0 Å². The number of hydrogen-bond acceptors (Lipinski definition) is 2. The smallest absolute Gasteiger partial charge is 0.0779 e. The van der Waals surface area contributed by atoms with E-state index in [9.17, 15) is 0 Å². The van der Waals surface area contributed by atoms with Crippen LogP contribution in [0.2, 0.25) is 0 Å². The fourth-order valence-electron chi connectivity index (χ4n) is 0.744. The molecule has 62 valence electrons. The van der Waals surface area contributed by atoms with Gasteiger partial charge in [-0.3, -0.25) is 10.9 Å². The van der Waals surface area contributed by atoms with Crippen LogP contribution in [0.5, 0.6) is 0 Å². The summed E-state index contributed by atoms with van der Waals surface area (Å²) in [5.41, 5.74) is 6.19. The summed E-state index contributed by atoms with van der Waals surface area (Å²) >= 11 is 0. The standard InChI is InChI=1S/C7H19N3/c1-4-8-9-6-5-7-10(2)3/h8-9H,4-7H2,1-3H3/p+1. The lowest BCUT2D eigenvalue weighted by atomic mass is 10.4. The van der Waals surface area contributed by atoms with E-state index in [0.29, 0.717) is 0 Å². The second-order valence-corrected chi connectivity index (χ2v) is 2.77. The highest BCUT2D eigenvalue weighted by Gasteiger charge is 1.90. The molecular weight excluding hydrogens is 126 g/mol. The summed E-state index contributed by atoms with van der Waals surface area (Å²) in [5.74, 6) is 0. The molecule has 0 fully saturated rings. The number of rotatable bonds is 6. The first kappa shape index (κ1) is 9.88. The molecule has 3 heteroatoms. The van der Waals surface area contributed by atoms with Crippen molar-refractivity contribution in [3.05, 3.63) is 0 Å². The van der Waals surface area contributed by atoms with Crippen molar-refractivity contribution in [1.82, 2.24) is 10.9 Å². The third-order valence-corrected chi connectivity index (χ3v) is 1.28. The second-order valence-electron chi connectivity index (χ2n) is 2.77. The van der Waals surface area contributed by atoms with Gasteiger partial charge in [0, 0.05) is 19.5 Å². The van der Waals surface area contributed by atoms with Crippen molar-refractivity contribution in [2.24, 2.45) is 0 Å². The van der Waals surface area contributed by atoms with Crippen LogP contribution in [0.4, 0.5) is 0 Å². The minimum Gasteiger partial charge on any atom is -0.340 e. The molecule has 10 heavy (non-hydrogen) atoms. The topological polar surface area (TPSA) is 28.5 Å². The van der Waals surface area contributed by atoms with Gasteiger partial charge in [-0.2, -0.15) is 0 Å². The molecule has 0 amide bonds. The number of hydrazine groups is 1. The Morgan fingerprint density at radius 2 is 1.90 bits per heavy atom. The first-order valence-electron chi connectivity index (χ1n) is 4.02. The van der Waals surface area contributed by atoms with Crippen LogP contribution in [0.15, 0.2) is 0 Å². The highest BCUT2D eigenvalue weighted by atomic mass is 15.3. The predicted octanol–water partition coefficient (Wildman–Crippen LogP) is -1.36. The fraction of sp³-hybridized carbons (Fsp3) is 1.00. The van der Waals surface area contributed by atoms with E-state index in [4.69, 9.17) is 0 Å². The molecule has 0 heterocycles. The Kier molecular flexibility index (Phi) is 6.91. The van der Waals surface area contributed by atoms with E-state index in [1.807, 2.05) is 0 Å². The summed E-state index contributed by atoms with van der Waals surface area (Å²) in [5, 5.41) is 0. The predicted molar refractivity (Wildman–Crippen MR) is 44.0 cm³/mol. The van der Waals surface area contributed by atoms with Crippen molar-refractivity contribution < 1.29 is 4.90 Å². The molecule has 0 bridgehead atoms. The van der Waals surface area contributed by atoms with Gasteiger partial charge >= 0.3 is 0 Å². The molecule has 0 saturated heterocycles. The Bertz CT molecular complexity index is 63.9. The summed E-state index contributed by atoms with van der Waals surface area (Å²) in [6, 6.07) is 0. The molecule has 0 aliphatic rings. The van der Waals surface area contributed by atoms with E-state index in [1.54, 1.807) is 0 Å². The highest BCUT2D eigenvalue weighted by Crippen LogP contribution is 1.64. The molecule has 0 aliphatic carbocycles.